The Kier molecular flexibility index (Phi) is 3.70. The van der Waals surface area contributed by atoms with E-state index in [1.54, 1.807) is 42.6 Å². The van der Waals surface area contributed by atoms with Crippen molar-refractivity contribution in [1.82, 2.24) is 0 Å². The van der Waals surface area contributed by atoms with Crippen LogP contribution in [0.2, 0.25) is 0 Å². The minimum absolute atomic E-state index is 0.234. The molecule has 19 heavy (non-hydrogen) atoms. The number of aromatic carboxylic acids is 1. The highest BCUT2D eigenvalue weighted by Gasteiger charge is 2.00. The van der Waals surface area contributed by atoms with Crippen LogP contribution in [0.25, 0.3) is 0 Å². The molecule has 92 valence electrons. The molecule has 2 aromatic rings. The molecule has 0 aliphatic rings. The Balaban J connectivity index is 2.13. The number of carboxylic acids is 1. The zero-order chi connectivity index (χ0) is 13.7. The van der Waals surface area contributed by atoms with Gasteiger partial charge in [0.05, 0.1) is 22.9 Å². The smallest absolute Gasteiger partial charge is 0.335 e. The topological polar surface area (TPSA) is 73.5 Å². The van der Waals surface area contributed by atoms with Crippen LogP contribution in [-0.4, -0.2) is 17.3 Å². The molecular formula is C15H10N2O2. The van der Waals surface area contributed by atoms with Crippen molar-refractivity contribution in [2.75, 3.05) is 0 Å². The zero-order valence-corrected chi connectivity index (χ0v) is 9.95. The Bertz CT molecular complexity index is 650. The van der Waals surface area contributed by atoms with E-state index in [0.29, 0.717) is 11.3 Å². The summed E-state index contributed by atoms with van der Waals surface area (Å²) in [6, 6.07) is 15.4. The Morgan fingerprint density at radius 2 is 1.74 bits per heavy atom. The first-order valence-electron chi connectivity index (χ1n) is 5.56. The van der Waals surface area contributed by atoms with Gasteiger partial charge >= 0.3 is 5.97 Å². The highest BCUT2D eigenvalue weighted by atomic mass is 16.4. The van der Waals surface area contributed by atoms with Crippen LogP contribution in [0, 0.1) is 11.3 Å². The van der Waals surface area contributed by atoms with Gasteiger partial charge in [-0.3, -0.25) is 4.99 Å². The summed E-state index contributed by atoms with van der Waals surface area (Å²) < 4.78 is 0. The summed E-state index contributed by atoms with van der Waals surface area (Å²) in [6.07, 6.45) is 1.66. The molecule has 0 aromatic heterocycles. The number of carboxylic acid groups (broad SMARTS) is 1. The fraction of sp³-hybridized carbons (Fsp3) is 0. The van der Waals surface area contributed by atoms with E-state index in [9.17, 15) is 4.79 Å². The second-order valence-corrected chi connectivity index (χ2v) is 3.84. The molecular weight excluding hydrogens is 240 g/mol. The molecule has 1 N–H and O–H groups in total. The number of benzene rings is 2. The van der Waals surface area contributed by atoms with Crippen LogP contribution in [0.4, 0.5) is 5.69 Å². The third-order valence-electron chi connectivity index (χ3n) is 2.52. The van der Waals surface area contributed by atoms with Crippen LogP contribution < -0.4 is 0 Å². The van der Waals surface area contributed by atoms with Gasteiger partial charge in [0.15, 0.2) is 0 Å². The number of nitriles is 1. The van der Waals surface area contributed by atoms with Crippen LogP contribution in [0.5, 0.6) is 0 Å². The van der Waals surface area contributed by atoms with Gasteiger partial charge in [-0.05, 0) is 42.0 Å². The van der Waals surface area contributed by atoms with E-state index in [1.165, 1.54) is 12.1 Å². The van der Waals surface area contributed by atoms with Crippen molar-refractivity contribution in [3.63, 3.8) is 0 Å². The predicted octanol–water partition coefficient (Wildman–Crippen LogP) is 3.01. The first-order valence-corrected chi connectivity index (χ1v) is 5.56. The second-order valence-electron chi connectivity index (χ2n) is 3.84. The molecule has 4 heteroatoms. The Labute approximate surface area is 110 Å². The van der Waals surface area contributed by atoms with Crippen molar-refractivity contribution in [2.45, 2.75) is 0 Å². The van der Waals surface area contributed by atoms with Crippen LogP contribution in [-0.2, 0) is 0 Å². The summed E-state index contributed by atoms with van der Waals surface area (Å²) in [6.45, 7) is 0. The lowest BCUT2D eigenvalue weighted by molar-refractivity contribution is 0.0697. The minimum atomic E-state index is -0.956. The maximum Gasteiger partial charge on any atom is 0.335 e. The number of hydrogen-bond acceptors (Lipinski definition) is 3. The summed E-state index contributed by atoms with van der Waals surface area (Å²) in [7, 11) is 0. The van der Waals surface area contributed by atoms with Gasteiger partial charge < -0.3 is 5.11 Å². The summed E-state index contributed by atoms with van der Waals surface area (Å²) in [4.78, 5) is 14.9. The molecule has 4 nitrogen and oxygen atoms in total. The molecule has 0 bridgehead atoms. The predicted molar refractivity (Wildman–Crippen MR) is 71.8 cm³/mol. The lowest BCUT2D eigenvalue weighted by atomic mass is 10.1. The van der Waals surface area contributed by atoms with Gasteiger partial charge in [0, 0.05) is 6.21 Å². The molecule has 2 aromatic carbocycles. The van der Waals surface area contributed by atoms with E-state index in [4.69, 9.17) is 10.4 Å². The van der Waals surface area contributed by atoms with E-state index < -0.39 is 5.97 Å². The summed E-state index contributed by atoms with van der Waals surface area (Å²) in [5.41, 5.74) is 2.39. The van der Waals surface area contributed by atoms with Crippen molar-refractivity contribution in [2.24, 2.45) is 4.99 Å². The first-order chi connectivity index (χ1) is 9.19. The monoisotopic (exact) mass is 250 g/mol. The van der Waals surface area contributed by atoms with Crippen molar-refractivity contribution in [3.8, 4) is 6.07 Å². The maximum absolute atomic E-state index is 10.7. The fourth-order valence-corrected chi connectivity index (χ4v) is 1.48. The van der Waals surface area contributed by atoms with Crippen LogP contribution in [0.15, 0.2) is 53.5 Å². The average molecular weight is 250 g/mol. The van der Waals surface area contributed by atoms with E-state index >= 15 is 0 Å². The number of hydrogen-bond donors (Lipinski definition) is 1. The van der Waals surface area contributed by atoms with E-state index in [1.807, 2.05) is 6.07 Å². The largest absolute Gasteiger partial charge is 0.478 e. The van der Waals surface area contributed by atoms with Gasteiger partial charge in [-0.15, -0.1) is 0 Å². The lowest BCUT2D eigenvalue weighted by Crippen LogP contribution is -1.94. The number of rotatable bonds is 3. The molecule has 0 unspecified atom stereocenters. The van der Waals surface area contributed by atoms with Gasteiger partial charge in [0.25, 0.3) is 0 Å². The first kappa shape index (κ1) is 12.5. The Morgan fingerprint density at radius 3 is 2.26 bits per heavy atom. The third kappa shape index (κ3) is 3.27. The lowest BCUT2D eigenvalue weighted by Gasteiger charge is -1.96. The highest BCUT2D eigenvalue weighted by molar-refractivity contribution is 5.88. The van der Waals surface area contributed by atoms with Gasteiger partial charge in [0.1, 0.15) is 0 Å². The summed E-state index contributed by atoms with van der Waals surface area (Å²) in [5, 5.41) is 17.4. The van der Waals surface area contributed by atoms with Crippen molar-refractivity contribution < 1.29 is 9.90 Å². The minimum Gasteiger partial charge on any atom is -0.478 e. The molecule has 0 saturated heterocycles. The van der Waals surface area contributed by atoms with Gasteiger partial charge in [-0.25, -0.2) is 4.79 Å². The second kappa shape index (κ2) is 5.61. The molecule has 0 saturated carbocycles. The van der Waals surface area contributed by atoms with Gasteiger partial charge in [-0.2, -0.15) is 5.26 Å². The van der Waals surface area contributed by atoms with Crippen LogP contribution >= 0.6 is 0 Å². The molecule has 0 atom stereocenters. The molecule has 0 fully saturated rings. The quantitative estimate of drug-likeness (QED) is 0.851. The Hall–Kier alpha value is -2.93. The normalized spacial score (nSPS) is 10.3. The SMILES string of the molecule is N#Cc1ccc(C=Nc2ccc(C(=O)O)cc2)cc1. The summed E-state index contributed by atoms with van der Waals surface area (Å²) >= 11 is 0. The maximum atomic E-state index is 10.7. The molecule has 2 rings (SSSR count). The number of aliphatic imine (C=N–C) groups is 1. The van der Waals surface area contributed by atoms with Crippen molar-refractivity contribution >= 4 is 17.9 Å². The van der Waals surface area contributed by atoms with E-state index in [0.717, 1.165) is 5.56 Å². The van der Waals surface area contributed by atoms with Crippen molar-refractivity contribution in [1.29, 1.82) is 5.26 Å². The highest BCUT2D eigenvalue weighted by Crippen LogP contribution is 2.13. The Morgan fingerprint density at radius 1 is 1.11 bits per heavy atom. The standard InChI is InChI=1S/C15H10N2O2/c16-9-11-1-3-12(4-2-11)10-17-14-7-5-13(6-8-14)15(18)19/h1-8,10H,(H,18,19). The molecule has 0 amide bonds. The van der Waals surface area contributed by atoms with Gasteiger partial charge in [-0.1, -0.05) is 12.1 Å². The zero-order valence-electron chi connectivity index (χ0n) is 9.95. The molecule has 0 heterocycles. The van der Waals surface area contributed by atoms with Crippen LogP contribution in [0.1, 0.15) is 21.5 Å². The number of carbonyl (C=O) groups is 1. The molecule has 0 spiro atoms. The summed E-state index contributed by atoms with van der Waals surface area (Å²) in [5.74, 6) is -0.956. The van der Waals surface area contributed by atoms with Crippen LogP contribution in [0.3, 0.4) is 0 Å². The van der Waals surface area contributed by atoms with Gasteiger partial charge in [0.2, 0.25) is 0 Å². The molecule has 0 aliphatic heterocycles. The van der Waals surface area contributed by atoms with E-state index in [-0.39, 0.29) is 5.56 Å². The third-order valence-corrected chi connectivity index (χ3v) is 2.52. The molecule has 0 radical (unpaired) electrons. The van der Waals surface area contributed by atoms with Crippen molar-refractivity contribution in [3.05, 3.63) is 65.2 Å². The molecule has 0 aliphatic carbocycles. The fourth-order valence-electron chi connectivity index (χ4n) is 1.48. The van der Waals surface area contributed by atoms with E-state index in [2.05, 4.69) is 4.99 Å². The number of nitrogens with zero attached hydrogens (tertiary/aromatic N) is 2. The average Bonchev–Trinajstić information content (AvgIpc) is 2.46.